The Kier molecular flexibility index (Phi) is 7.37. The second-order valence-electron chi connectivity index (χ2n) is 4.45. The molecule has 1 aliphatic carbocycles. The lowest BCUT2D eigenvalue weighted by molar-refractivity contribution is -0.121. The predicted molar refractivity (Wildman–Crippen MR) is 73.1 cm³/mol. The van der Waals surface area contributed by atoms with Gasteiger partial charge in [0.15, 0.2) is 0 Å². The number of hydrogen-bond acceptors (Lipinski definition) is 3. The van der Waals surface area contributed by atoms with Crippen LogP contribution in [0.15, 0.2) is 12.2 Å². The summed E-state index contributed by atoms with van der Waals surface area (Å²) >= 11 is 1.85. The standard InChI is InChI=1S/C13H23NO2S/c1-2-3-7-17-8-6-13(16)14-12-5-4-11(9-12)10-15/h4-5,11-12,15H,2-3,6-10H2,1H3,(H,14,16)/t11-,12+/m0/s1. The molecule has 0 radical (unpaired) electrons. The van der Waals surface area contributed by atoms with Crippen LogP contribution in [-0.4, -0.2) is 35.2 Å². The van der Waals surface area contributed by atoms with Gasteiger partial charge in [-0.05, 0) is 18.6 Å². The smallest absolute Gasteiger partial charge is 0.221 e. The number of hydrogen-bond donors (Lipinski definition) is 2. The lowest BCUT2D eigenvalue weighted by atomic mass is 10.1. The lowest BCUT2D eigenvalue weighted by Gasteiger charge is -2.12. The fraction of sp³-hybridized carbons (Fsp3) is 0.769. The second kappa shape index (κ2) is 8.59. The van der Waals surface area contributed by atoms with E-state index in [0.29, 0.717) is 6.42 Å². The van der Waals surface area contributed by atoms with Crippen LogP contribution in [0.3, 0.4) is 0 Å². The Bertz CT molecular complexity index is 256. The van der Waals surface area contributed by atoms with E-state index in [1.807, 2.05) is 23.9 Å². The van der Waals surface area contributed by atoms with Gasteiger partial charge in [-0.1, -0.05) is 25.5 Å². The third kappa shape index (κ3) is 6.13. The van der Waals surface area contributed by atoms with Crippen molar-refractivity contribution in [2.24, 2.45) is 5.92 Å². The summed E-state index contributed by atoms with van der Waals surface area (Å²) in [6, 6.07) is 0.125. The highest BCUT2D eigenvalue weighted by Crippen LogP contribution is 2.17. The van der Waals surface area contributed by atoms with Gasteiger partial charge in [-0.15, -0.1) is 0 Å². The van der Waals surface area contributed by atoms with Crippen molar-refractivity contribution < 1.29 is 9.90 Å². The number of unbranched alkanes of at least 4 members (excludes halogenated alkanes) is 1. The first-order valence-electron chi connectivity index (χ1n) is 6.42. The molecule has 2 N–H and O–H groups in total. The molecule has 2 atom stereocenters. The molecule has 0 aromatic carbocycles. The van der Waals surface area contributed by atoms with E-state index in [1.54, 1.807) is 0 Å². The third-order valence-electron chi connectivity index (χ3n) is 2.87. The number of carbonyl (C=O) groups excluding carboxylic acids is 1. The van der Waals surface area contributed by atoms with E-state index in [0.717, 1.165) is 17.9 Å². The first-order valence-corrected chi connectivity index (χ1v) is 7.58. The Morgan fingerprint density at radius 3 is 2.94 bits per heavy atom. The summed E-state index contributed by atoms with van der Waals surface area (Å²) in [5.41, 5.74) is 0. The Morgan fingerprint density at radius 1 is 1.47 bits per heavy atom. The quantitative estimate of drug-likeness (QED) is 0.516. The topological polar surface area (TPSA) is 49.3 Å². The molecule has 0 aliphatic heterocycles. The minimum atomic E-state index is 0.125. The van der Waals surface area contributed by atoms with E-state index in [2.05, 4.69) is 12.2 Å². The average molecular weight is 257 g/mol. The van der Waals surface area contributed by atoms with Crippen molar-refractivity contribution in [1.29, 1.82) is 0 Å². The molecule has 0 spiro atoms. The maximum atomic E-state index is 11.6. The molecular weight excluding hydrogens is 234 g/mol. The fourth-order valence-corrected chi connectivity index (χ4v) is 2.84. The van der Waals surface area contributed by atoms with E-state index in [9.17, 15) is 4.79 Å². The van der Waals surface area contributed by atoms with Crippen LogP contribution in [0.1, 0.15) is 32.6 Å². The zero-order valence-corrected chi connectivity index (χ0v) is 11.3. The minimum Gasteiger partial charge on any atom is -0.396 e. The Balaban J connectivity index is 2.04. The summed E-state index contributed by atoms with van der Waals surface area (Å²) in [6.07, 6.45) is 7.86. The number of rotatable bonds is 8. The van der Waals surface area contributed by atoms with Crippen LogP contribution in [0.5, 0.6) is 0 Å². The molecule has 0 bridgehead atoms. The molecule has 4 heteroatoms. The minimum absolute atomic E-state index is 0.125. The van der Waals surface area contributed by atoms with Crippen molar-refractivity contribution in [3.63, 3.8) is 0 Å². The van der Waals surface area contributed by atoms with E-state index >= 15 is 0 Å². The third-order valence-corrected chi connectivity index (χ3v) is 3.94. The van der Waals surface area contributed by atoms with Crippen molar-refractivity contribution >= 4 is 17.7 Å². The van der Waals surface area contributed by atoms with Gasteiger partial charge in [0.2, 0.25) is 5.91 Å². The van der Waals surface area contributed by atoms with Crippen LogP contribution in [0.4, 0.5) is 0 Å². The molecule has 0 aromatic rings. The van der Waals surface area contributed by atoms with Crippen molar-refractivity contribution in [2.75, 3.05) is 18.1 Å². The lowest BCUT2D eigenvalue weighted by Crippen LogP contribution is -2.33. The molecule has 17 heavy (non-hydrogen) atoms. The molecule has 0 saturated carbocycles. The van der Waals surface area contributed by atoms with Gasteiger partial charge in [-0.25, -0.2) is 0 Å². The first-order chi connectivity index (χ1) is 8.26. The number of carbonyl (C=O) groups is 1. The number of thioether (sulfide) groups is 1. The molecule has 1 rings (SSSR count). The van der Waals surface area contributed by atoms with Gasteiger partial charge in [0.1, 0.15) is 0 Å². The summed E-state index contributed by atoms with van der Waals surface area (Å²) < 4.78 is 0. The predicted octanol–water partition coefficient (Wildman–Crippen LogP) is 1.96. The number of aliphatic hydroxyl groups excluding tert-OH is 1. The van der Waals surface area contributed by atoms with Gasteiger partial charge in [0.25, 0.3) is 0 Å². The van der Waals surface area contributed by atoms with E-state index in [-0.39, 0.29) is 24.5 Å². The van der Waals surface area contributed by atoms with Crippen LogP contribution in [0.25, 0.3) is 0 Å². The van der Waals surface area contributed by atoms with E-state index < -0.39 is 0 Å². The summed E-state index contributed by atoms with van der Waals surface area (Å²) in [7, 11) is 0. The maximum absolute atomic E-state index is 11.6. The van der Waals surface area contributed by atoms with Gasteiger partial charge in [-0.2, -0.15) is 11.8 Å². The van der Waals surface area contributed by atoms with Crippen molar-refractivity contribution in [3.05, 3.63) is 12.2 Å². The SMILES string of the molecule is CCCCSCCC(=O)N[C@@H]1C=C[C@H](CO)C1. The highest BCUT2D eigenvalue weighted by atomic mass is 32.2. The number of aliphatic hydroxyl groups is 1. The average Bonchev–Trinajstić information content (AvgIpc) is 2.76. The summed E-state index contributed by atoms with van der Waals surface area (Å²) in [5, 5.41) is 12.0. The van der Waals surface area contributed by atoms with Crippen LogP contribution >= 0.6 is 11.8 Å². The van der Waals surface area contributed by atoms with Gasteiger partial charge in [0.05, 0.1) is 0 Å². The molecule has 1 aliphatic rings. The second-order valence-corrected chi connectivity index (χ2v) is 5.68. The Morgan fingerprint density at radius 2 is 2.29 bits per heavy atom. The number of amides is 1. The van der Waals surface area contributed by atoms with Crippen LogP contribution in [-0.2, 0) is 4.79 Å². The van der Waals surface area contributed by atoms with Crippen LogP contribution < -0.4 is 5.32 Å². The van der Waals surface area contributed by atoms with Crippen molar-refractivity contribution in [3.8, 4) is 0 Å². The molecule has 3 nitrogen and oxygen atoms in total. The monoisotopic (exact) mass is 257 g/mol. The molecule has 0 saturated heterocycles. The van der Waals surface area contributed by atoms with Crippen LogP contribution in [0, 0.1) is 5.92 Å². The van der Waals surface area contributed by atoms with Gasteiger partial charge in [0, 0.05) is 30.7 Å². The first kappa shape index (κ1) is 14.6. The molecule has 0 heterocycles. The molecule has 0 aromatic heterocycles. The van der Waals surface area contributed by atoms with E-state index in [1.165, 1.54) is 12.8 Å². The van der Waals surface area contributed by atoms with E-state index in [4.69, 9.17) is 5.11 Å². The zero-order chi connectivity index (χ0) is 12.5. The van der Waals surface area contributed by atoms with Crippen LogP contribution in [0.2, 0.25) is 0 Å². The van der Waals surface area contributed by atoms with Crippen molar-refractivity contribution in [2.45, 2.75) is 38.6 Å². The molecule has 98 valence electrons. The summed E-state index contributed by atoms with van der Waals surface area (Å²) in [6.45, 7) is 2.35. The molecule has 0 unspecified atom stereocenters. The van der Waals surface area contributed by atoms with Gasteiger partial charge >= 0.3 is 0 Å². The zero-order valence-electron chi connectivity index (χ0n) is 10.5. The normalized spacial score (nSPS) is 22.9. The molecule has 0 fully saturated rings. The largest absolute Gasteiger partial charge is 0.396 e. The Hall–Kier alpha value is -0.480. The summed E-state index contributed by atoms with van der Waals surface area (Å²) in [4.78, 5) is 11.6. The highest BCUT2D eigenvalue weighted by Gasteiger charge is 2.19. The molecular formula is C13H23NO2S. The fourth-order valence-electron chi connectivity index (χ4n) is 1.81. The molecule has 1 amide bonds. The number of nitrogens with one attached hydrogen (secondary N) is 1. The highest BCUT2D eigenvalue weighted by molar-refractivity contribution is 7.99. The van der Waals surface area contributed by atoms with Crippen molar-refractivity contribution in [1.82, 2.24) is 5.32 Å². The van der Waals surface area contributed by atoms with Gasteiger partial charge < -0.3 is 10.4 Å². The Labute approximate surface area is 108 Å². The maximum Gasteiger partial charge on any atom is 0.221 e. The summed E-state index contributed by atoms with van der Waals surface area (Å²) in [5.74, 6) is 2.41. The van der Waals surface area contributed by atoms with Gasteiger partial charge in [-0.3, -0.25) is 4.79 Å².